The van der Waals surface area contributed by atoms with Crippen molar-refractivity contribution in [1.82, 2.24) is 0 Å². The maximum Gasteiger partial charge on any atom is 0.247 e. The molecule has 0 amide bonds. The van der Waals surface area contributed by atoms with E-state index in [1.165, 1.54) is 36.4 Å². The Hall–Kier alpha value is -1.07. The number of rotatable bonds is 4. The van der Waals surface area contributed by atoms with Gasteiger partial charge in [-0.3, -0.25) is 0 Å². The second-order valence-corrected chi connectivity index (χ2v) is 10.7. The summed E-state index contributed by atoms with van der Waals surface area (Å²) in [7, 11) is -8.73. The number of hydrogen-bond acceptors (Lipinski definition) is 6. The fraction of sp³-hybridized carbons (Fsp3) is 0.0909. The fourth-order valence-electron chi connectivity index (χ4n) is 1.48. The normalized spacial score (nSPS) is 14.0. The van der Waals surface area contributed by atoms with Gasteiger partial charge < -0.3 is 0 Å². The summed E-state index contributed by atoms with van der Waals surface area (Å²) in [5.41, 5.74) is 0. The summed E-state index contributed by atoms with van der Waals surface area (Å²) < 4.78 is 57.6. The minimum absolute atomic E-state index is 0.0707. The molecule has 0 aliphatic rings. The van der Waals surface area contributed by atoms with E-state index in [0.717, 1.165) is 17.6 Å². The highest BCUT2D eigenvalue weighted by atomic mass is 32.3. The highest BCUT2D eigenvalue weighted by Gasteiger charge is 2.16. The van der Waals surface area contributed by atoms with Crippen LogP contribution < -0.4 is 5.14 Å². The summed E-state index contributed by atoms with van der Waals surface area (Å²) in [4.78, 5) is 0.505. The van der Waals surface area contributed by atoms with Crippen molar-refractivity contribution in [3.05, 3.63) is 36.4 Å². The molecule has 0 saturated heterocycles. The van der Waals surface area contributed by atoms with E-state index < -0.39 is 30.7 Å². The molecule has 2 rings (SSSR count). The standard InChI is InChI=1S/C11H11NO5S4/c1-20(14,15)9-4-2-8(3-5-9)19(13)10-6-7-11(18-10)21(12,16)17/h2-7H,1H3,(H2,12,16,17)/t19-/m1/s1. The number of primary sulfonamides is 1. The number of nitrogens with two attached hydrogens (primary N) is 1. The van der Waals surface area contributed by atoms with Crippen LogP contribution in [0.3, 0.4) is 0 Å². The van der Waals surface area contributed by atoms with Gasteiger partial charge in [-0.15, -0.1) is 11.3 Å². The largest absolute Gasteiger partial charge is 0.248 e. The highest BCUT2D eigenvalue weighted by molar-refractivity contribution is 7.92. The predicted octanol–water partition coefficient (Wildman–Crippen LogP) is 0.966. The second-order valence-electron chi connectivity index (χ2n) is 4.13. The number of sulfonamides is 1. The van der Waals surface area contributed by atoms with Crippen LogP contribution in [0.1, 0.15) is 0 Å². The van der Waals surface area contributed by atoms with Gasteiger partial charge in [-0.25, -0.2) is 26.2 Å². The average molecular weight is 365 g/mol. The third kappa shape index (κ3) is 3.77. The molecule has 1 aromatic carbocycles. The van der Waals surface area contributed by atoms with Gasteiger partial charge in [-0.05, 0) is 36.4 Å². The summed E-state index contributed by atoms with van der Waals surface area (Å²) in [6.07, 6.45) is 1.08. The molecule has 2 aromatic rings. The van der Waals surface area contributed by atoms with Crippen LogP contribution in [0.2, 0.25) is 0 Å². The minimum Gasteiger partial charge on any atom is -0.248 e. The van der Waals surface area contributed by atoms with Crippen LogP contribution in [0.15, 0.2) is 54.6 Å². The molecular formula is C11H11NO5S4. The quantitative estimate of drug-likeness (QED) is 0.867. The van der Waals surface area contributed by atoms with Crippen LogP contribution >= 0.6 is 11.3 Å². The molecular weight excluding hydrogens is 354 g/mol. The Morgan fingerprint density at radius 1 is 1.00 bits per heavy atom. The van der Waals surface area contributed by atoms with Gasteiger partial charge in [-0.2, -0.15) is 0 Å². The van der Waals surface area contributed by atoms with Gasteiger partial charge in [0.2, 0.25) is 10.0 Å². The van der Waals surface area contributed by atoms with Crippen molar-refractivity contribution in [2.75, 3.05) is 6.26 Å². The molecule has 0 radical (unpaired) electrons. The van der Waals surface area contributed by atoms with E-state index in [4.69, 9.17) is 5.14 Å². The molecule has 2 N–H and O–H groups in total. The van der Waals surface area contributed by atoms with Gasteiger partial charge in [0.25, 0.3) is 0 Å². The number of thiophene rings is 1. The Morgan fingerprint density at radius 3 is 2.00 bits per heavy atom. The first-order chi connectivity index (χ1) is 9.59. The molecule has 0 unspecified atom stereocenters. The molecule has 0 saturated carbocycles. The van der Waals surface area contributed by atoms with Gasteiger partial charge in [0, 0.05) is 11.2 Å². The highest BCUT2D eigenvalue weighted by Crippen LogP contribution is 2.27. The lowest BCUT2D eigenvalue weighted by molar-refractivity contribution is 0.598. The monoisotopic (exact) mass is 365 g/mol. The van der Waals surface area contributed by atoms with Crippen molar-refractivity contribution in [3.63, 3.8) is 0 Å². The molecule has 0 bridgehead atoms. The molecule has 0 fully saturated rings. The van der Waals surface area contributed by atoms with E-state index in [1.54, 1.807) is 0 Å². The van der Waals surface area contributed by atoms with Crippen LogP contribution in [-0.2, 0) is 30.7 Å². The van der Waals surface area contributed by atoms with Crippen molar-refractivity contribution in [2.45, 2.75) is 18.2 Å². The molecule has 0 spiro atoms. The van der Waals surface area contributed by atoms with Gasteiger partial charge in [0.05, 0.1) is 19.9 Å². The summed E-state index contributed by atoms with van der Waals surface area (Å²) >= 11 is 0.821. The third-order valence-electron chi connectivity index (χ3n) is 2.49. The summed E-state index contributed by atoms with van der Waals surface area (Å²) in [5, 5.41) is 4.99. The SMILES string of the molecule is CS(=O)(=O)c1ccc([S@@](=O)c2ccc(S(N)(=O)=O)s2)cc1. The zero-order valence-corrected chi connectivity index (χ0v) is 14.0. The Morgan fingerprint density at radius 2 is 1.57 bits per heavy atom. The maximum atomic E-state index is 12.3. The van der Waals surface area contributed by atoms with Gasteiger partial charge >= 0.3 is 0 Å². The predicted molar refractivity (Wildman–Crippen MR) is 79.9 cm³/mol. The van der Waals surface area contributed by atoms with Crippen LogP contribution in [-0.4, -0.2) is 27.3 Å². The molecule has 6 nitrogen and oxygen atoms in total. The molecule has 10 heteroatoms. The number of sulfone groups is 1. The Bertz CT molecular complexity index is 894. The zero-order valence-electron chi connectivity index (χ0n) is 10.7. The molecule has 114 valence electrons. The van der Waals surface area contributed by atoms with E-state index in [9.17, 15) is 21.0 Å². The minimum atomic E-state index is -3.82. The Kier molecular flexibility index (Phi) is 4.36. The lowest BCUT2D eigenvalue weighted by Crippen LogP contribution is -2.09. The lowest BCUT2D eigenvalue weighted by atomic mass is 10.4. The third-order valence-corrected chi connectivity index (χ3v) is 7.84. The second kappa shape index (κ2) is 5.61. The molecule has 21 heavy (non-hydrogen) atoms. The zero-order chi connectivity index (χ0) is 15.8. The van der Waals surface area contributed by atoms with E-state index in [2.05, 4.69) is 0 Å². The van der Waals surface area contributed by atoms with Crippen molar-refractivity contribution in [2.24, 2.45) is 5.14 Å². The summed E-state index contributed by atoms with van der Waals surface area (Å²) in [6, 6.07) is 8.29. The summed E-state index contributed by atoms with van der Waals surface area (Å²) in [5.74, 6) is 0. The van der Waals surface area contributed by atoms with Gasteiger partial charge in [-0.1, -0.05) is 0 Å². The smallest absolute Gasteiger partial charge is 0.247 e. The fourth-order valence-corrected chi connectivity index (χ4v) is 5.40. The first kappa shape index (κ1) is 16.3. The average Bonchev–Trinajstić information content (AvgIpc) is 2.86. The number of benzene rings is 1. The van der Waals surface area contributed by atoms with Crippen molar-refractivity contribution < 1.29 is 21.0 Å². The van der Waals surface area contributed by atoms with E-state index in [-0.39, 0.29) is 9.10 Å². The van der Waals surface area contributed by atoms with Crippen molar-refractivity contribution in [3.8, 4) is 0 Å². The van der Waals surface area contributed by atoms with Crippen LogP contribution in [0.4, 0.5) is 0 Å². The lowest BCUT2D eigenvalue weighted by Gasteiger charge is -2.01. The Labute approximate surface area is 129 Å². The van der Waals surface area contributed by atoms with Gasteiger partial charge in [0.1, 0.15) is 4.21 Å². The first-order valence-electron chi connectivity index (χ1n) is 5.43. The Balaban J connectivity index is 2.35. The van der Waals surface area contributed by atoms with Crippen LogP contribution in [0, 0.1) is 0 Å². The van der Waals surface area contributed by atoms with E-state index in [0.29, 0.717) is 9.10 Å². The van der Waals surface area contributed by atoms with Gasteiger partial charge in [0.15, 0.2) is 9.84 Å². The number of hydrogen-bond donors (Lipinski definition) is 1. The maximum absolute atomic E-state index is 12.3. The van der Waals surface area contributed by atoms with Crippen molar-refractivity contribution >= 4 is 42.0 Å². The molecule has 1 heterocycles. The molecule has 1 atom stereocenters. The molecule has 0 aliphatic carbocycles. The van der Waals surface area contributed by atoms with E-state index in [1.807, 2.05) is 0 Å². The summed E-state index contributed by atoms with van der Waals surface area (Å²) in [6.45, 7) is 0. The van der Waals surface area contributed by atoms with Crippen LogP contribution in [0.5, 0.6) is 0 Å². The topological polar surface area (TPSA) is 111 Å². The molecule has 0 aliphatic heterocycles. The van der Waals surface area contributed by atoms with Crippen molar-refractivity contribution in [1.29, 1.82) is 0 Å². The van der Waals surface area contributed by atoms with E-state index >= 15 is 0 Å². The van der Waals surface area contributed by atoms with Crippen LogP contribution in [0.25, 0.3) is 0 Å². The molecule has 1 aromatic heterocycles. The first-order valence-corrected chi connectivity index (χ1v) is 10.8.